The molecule has 0 saturated carbocycles. The SMILES string of the molecule is NC1(CCc2ccccc2)NC(=O)Cc2ccccc21. The molecular weight excluding hydrogens is 248 g/mol. The van der Waals surface area contributed by atoms with Gasteiger partial charge in [-0.2, -0.15) is 0 Å². The second-order valence-corrected chi connectivity index (χ2v) is 5.34. The molecule has 0 aliphatic carbocycles. The predicted octanol–water partition coefficient (Wildman–Crippen LogP) is 2.10. The Balaban J connectivity index is 1.86. The highest BCUT2D eigenvalue weighted by Crippen LogP contribution is 2.28. The average Bonchev–Trinajstić information content (AvgIpc) is 2.46. The maximum absolute atomic E-state index is 11.9. The Morgan fingerprint density at radius 2 is 1.75 bits per heavy atom. The van der Waals surface area contributed by atoms with Gasteiger partial charge in [-0.15, -0.1) is 0 Å². The minimum absolute atomic E-state index is 0.000684. The maximum Gasteiger partial charge on any atom is 0.226 e. The molecule has 0 bridgehead atoms. The second-order valence-electron chi connectivity index (χ2n) is 5.34. The van der Waals surface area contributed by atoms with Gasteiger partial charge in [-0.3, -0.25) is 4.79 Å². The lowest BCUT2D eigenvalue weighted by Gasteiger charge is -2.36. The molecule has 102 valence electrons. The molecule has 0 fully saturated rings. The van der Waals surface area contributed by atoms with E-state index in [-0.39, 0.29) is 5.91 Å². The number of fused-ring (bicyclic) bond motifs is 1. The summed E-state index contributed by atoms with van der Waals surface area (Å²) in [5.41, 5.74) is 9.02. The fraction of sp³-hybridized carbons (Fsp3) is 0.235. The van der Waals surface area contributed by atoms with E-state index >= 15 is 0 Å². The summed E-state index contributed by atoms with van der Waals surface area (Å²) in [6, 6.07) is 18.1. The van der Waals surface area contributed by atoms with Crippen LogP contribution in [0.5, 0.6) is 0 Å². The van der Waals surface area contributed by atoms with Gasteiger partial charge >= 0.3 is 0 Å². The highest BCUT2D eigenvalue weighted by molar-refractivity contribution is 5.82. The van der Waals surface area contributed by atoms with E-state index in [4.69, 9.17) is 5.73 Å². The lowest BCUT2D eigenvalue weighted by molar-refractivity contribution is -0.123. The molecule has 3 heteroatoms. The van der Waals surface area contributed by atoms with Gasteiger partial charge in [-0.25, -0.2) is 0 Å². The minimum atomic E-state index is -0.762. The van der Waals surface area contributed by atoms with Crippen molar-refractivity contribution in [3.05, 3.63) is 71.3 Å². The zero-order valence-electron chi connectivity index (χ0n) is 11.3. The number of carbonyl (C=O) groups excluding carboxylic acids is 1. The fourth-order valence-corrected chi connectivity index (χ4v) is 2.83. The largest absolute Gasteiger partial charge is 0.334 e. The lowest BCUT2D eigenvalue weighted by atomic mass is 9.85. The smallest absolute Gasteiger partial charge is 0.226 e. The first-order valence-electron chi connectivity index (χ1n) is 6.90. The summed E-state index contributed by atoms with van der Waals surface area (Å²) in [6.45, 7) is 0. The van der Waals surface area contributed by atoms with Crippen LogP contribution in [-0.2, 0) is 23.3 Å². The van der Waals surface area contributed by atoms with Crippen molar-refractivity contribution in [2.24, 2.45) is 5.73 Å². The molecule has 0 aromatic heterocycles. The first-order valence-corrected chi connectivity index (χ1v) is 6.90. The molecule has 0 saturated heterocycles. The summed E-state index contributed by atoms with van der Waals surface area (Å²) in [6.07, 6.45) is 1.95. The van der Waals surface area contributed by atoms with E-state index in [9.17, 15) is 4.79 Å². The molecule has 3 rings (SSSR count). The predicted molar refractivity (Wildman–Crippen MR) is 78.9 cm³/mol. The first kappa shape index (κ1) is 12.9. The first-order chi connectivity index (χ1) is 9.67. The standard InChI is InChI=1S/C17H18N2O/c18-17(11-10-13-6-2-1-3-7-13)15-9-5-4-8-14(15)12-16(20)19-17/h1-9H,10-12,18H2,(H,19,20). The number of nitrogens with two attached hydrogens (primary N) is 1. The van der Waals surface area contributed by atoms with Crippen molar-refractivity contribution in [2.45, 2.75) is 24.9 Å². The van der Waals surface area contributed by atoms with E-state index in [1.807, 2.05) is 42.5 Å². The van der Waals surface area contributed by atoms with Gasteiger partial charge in [0.1, 0.15) is 5.66 Å². The Hall–Kier alpha value is -2.13. The van der Waals surface area contributed by atoms with E-state index in [0.717, 1.165) is 17.5 Å². The van der Waals surface area contributed by atoms with Crippen LogP contribution in [-0.4, -0.2) is 5.91 Å². The molecule has 0 radical (unpaired) electrons. The number of nitrogens with one attached hydrogen (secondary N) is 1. The van der Waals surface area contributed by atoms with E-state index in [2.05, 4.69) is 17.4 Å². The molecular formula is C17H18N2O. The van der Waals surface area contributed by atoms with Crippen molar-refractivity contribution in [1.29, 1.82) is 0 Å². The van der Waals surface area contributed by atoms with Gasteiger partial charge in [0.2, 0.25) is 5.91 Å². The zero-order valence-corrected chi connectivity index (χ0v) is 11.3. The molecule has 2 aromatic carbocycles. The zero-order chi connectivity index (χ0) is 14.0. The third-order valence-electron chi connectivity index (χ3n) is 3.86. The van der Waals surface area contributed by atoms with Gasteiger partial charge in [-0.05, 0) is 29.5 Å². The van der Waals surface area contributed by atoms with Gasteiger partial charge in [0.05, 0.1) is 6.42 Å². The van der Waals surface area contributed by atoms with Gasteiger partial charge in [-0.1, -0.05) is 54.6 Å². The Kier molecular flexibility index (Phi) is 3.28. The van der Waals surface area contributed by atoms with E-state index < -0.39 is 5.66 Å². The quantitative estimate of drug-likeness (QED) is 0.894. The molecule has 3 N–H and O–H groups in total. The Bertz CT molecular complexity index is 624. The van der Waals surface area contributed by atoms with Crippen LogP contribution in [0.3, 0.4) is 0 Å². The minimum Gasteiger partial charge on any atom is -0.334 e. The molecule has 1 amide bonds. The second kappa shape index (κ2) is 5.10. The van der Waals surface area contributed by atoms with Crippen molar-refractivity contribution in [2.75, 3.05) is 0 Å². The molecule has 20 heavy (non-hydrogen) atoms. The van der Waals surface area contributed by atoms with Crippen molar-refractivity contribution in [3.63, 3.8) is 0 Å². The van der Waals surface area contributed by atoms with Gasteiger partial charge < -0.3 is 11.1 Å². The highest BCUT2D eigenvalue weighted by atomic mass is 16.1. The van der Waals surface area contributed by atoms with Crippen molar-refractivity contribution < 1.29 is 4.79 Å². The summed E-state index contributed by atoms with van der Waals surface area (Å²) in [7, 11) is 0. The molecule has 1 atom stereocenters. The third-order valence-corrected chi connectivity index (χ3v) is 3.86. The maximum atomic E-state index is 11.9. The number of hydrogen-bond acceptors (Lipinski definition) is 2. The number of hydrogen-bond donors (Lipinski definition) is 2. The molecule has 0 spiro atoms. The number of aryl methyl sites for hydroxylation is 1. The molecule has 1 aliphatic rings. The summed E-state index contributed by atoms with van der Waals surface area (Å²) in [5.74, 6) is -0.000684. The van der Waals surface area contributed by atoms with Crippen LogP contribution in [0.1, 0.15) is 23.1 Å². The lowest BCUT2D eigenvalue weighted by Crippen LogP contribution is -2.57. The van der Waals surface area contributed by atoms with Gasteiger partial charge in [0.15, 0.2) is 0 Å². The molecule has 1 unspecified atom stereocenters. The van der Waals surface area contributed by atoms with Crippen molar-refractivity contribution in [1.82, 2.24) is 5.32 Å². The Morgan fingerprint density at radius 1 is 1.05 bits per heavy atom. The molecule has 3 nitrogen and oxygen atoms in total. The third kappa shape index (κ3) is 2.45. The van der Waals surface area contributed by atoms with Crippen LogP contribution in [0.15, 0.2) is 54.6 Å². The highest BCUT2D eigenvalue weighted by Gasteiger charge is 2.35. The van der Waals surface area contributed by atoms with Crippen LogP contribution in [0.25, 0.3) is 0 Å². The Morgan fingerprint density at radius 3 is 2.55 bits per heavy atom. The van der Waals surface area contributed by atoms with Crippen LogP contribution in [0.2, 0.25) is 0 Å². The normalized spacial score (nSPS) is 21.1. The van der Waals surface area contributed by atoms with Crippen LogP contribution in [0.4, 0.5) is 0 Å². The van der Waals surface area contributed by atoms with Gasteiger partial charge in [0, 0.05) is 0 Å². The number of benzene rings is 2. The van der Waals surface area contributed by atoms with Gasteiger partial charge in [0.25, 0.3) is 0 Å². The summed E-state index contributed by atoms with van der Waals surface area (Å²) in [4.78, 5) is 11.9. The van der Waals surface area contributed by atoms with Crippen LogP contribution in [0, 0.1) is 0 Å². The summed E-state index contributed by atoms with van der Waals surface area (Å²) < 4.78 is 0. The van der Waals surface area contributed by atoms with E-state index in [1.54, 1.807) is 0 Å². The molecule has 1 heterocycles. The molecule has 2 aromatic rings. The fourth-order valence-electron chi connectivity index (χ4n) is 2.83. The average molecular weight is 266 g/mol. The van der Waals surface area contributed by atoms with Crippen LogP contribution < -0.4 is 11.1 Å². The number of amides is 1. The number of rotatable bonds is 3. The summed E-state index contributed by atoms with van der Waals surface area (Å²) in [5, 5.41) is 2.96. The Labute approximate surface area is 118 Å². The summed E-state index contributed by atoms with van der Waals surface area (Å²) >= 11 is 0. The van der Waals surface area contributed by atoms with E-state index in [0.29, 0.717) is 12.8 Å². The van der Waals surface area contributed by atoms with E-state index in [1.165, 1.54) is 5.56 Å². The van der Waals surface area contributed by atoms with Crippen molar-refractivity contribution >= 4 is 5.91 Å². The van der Waals surface area contributed by atoms with Crippen LogP contribution >= 0.6 is 0 Å². The monoisotopic (exact) mass is 266 g/mol. The topological polar surface area (TPSA) is 55.1 Å². The van der Waals surface area contributed by atoms with Crippen molar-refractivity contribution in [3.8, 4) is 0 Å². The molecule has 1 aliphatic heterocycles. The number of carbonyl (C=O) groups is 1.